The van der Waals surface area contributed by atoms with Crippen molar-refractivity contribution in [2.45, 2.75) is 19.7 Å². The third kappa shape index (κ3) is 5.15. The minimum absolute atomic E-state index is 0.595. The highest BCUT2D eigenvalue weighted by Crippen LogP contribution is 2.23. The zero-order valence-electron chi connectivity index (χ0n) is 14.8. The van der Waals surface area contributed by atoms with Crippen LogP contribution in [-0.4, -0.2) is 50.4 Å². The standard InChI is InChI=1S/C18H25N3O3S/c1-22-12-14-3-4-17(23-2)15(9-14)10-19-18-20-16(13-25-18)11-21-5-7-24-8-6-21/h3-4,9,13H,5-8,10-12H2,1-2H3,(H,19,20). The number of nitrogens with zero attached hydrogens (tertiary/aromatic N) is 2. The van der Waals surface area contributed by atoms with Crippen molar-refractivity contribution < 1.29 is 14.2 Å². The van der Waals surface area contributed by atoms with Crippen LogP contribution in [0, 0.1) is 0 Å². The quantitative estimate of drug-likeness (QED) is 0.778. The zero-order valence-corrected chi connectivity index (χ0v) is 15.6. The highest BCUT2D eigenvalue weighted by Gasteiger charge is 2.13. The van der Waals surface area contributed by atoms with Gasteiger partial charge in [-0.25, -0.2) is 4.98 Å². The van der Waals surface area contributed by atoms with E-state index in [1.165, 1.54) is 0 Å². The minimum Gasteiger partial charge on any atom is -0.496 e. The van der Waals surface area contributed by atoms with Gasteiger partial charge in [0.25, 0.3) is 0 Å². The highest BCUT2D eigenvalue weighted by atomic mass is 32.1. The molecule has 0 bridgehead atoms. The molecule has 1 N–H and O–H groups in total. The summed E-state index contributed by atoms with van der Waals surface area (Å²) < 4.78 is 16.1. The molecule has 0 unspecified atom stereocenters. The molecule has 1 aromatic heterocycles. The Morgan fingerprint density at radius 1 is 1.28 bits per heavy atom. The van der Waals surface area contributed by atoms with E-state index in [2.05, 4.69) is 21.7 Å². The fourth-order valence-corrected chi connectivity index (χ4v) is 3.55. The van der Waals surface area contributed by atoms with Gasteiger partial charge in [-0.1, -0.05) is 6.07 Å². The Balaban J connectivity index is 1.58. The number of aromatic nitrogens is 1. The SMILES string of the molecule is COCc1ccc(OC)c(CNc2nc(CN3CCOCC3)cs2)c1. The molecule has 6 nitrogen and oxygen atoms in total. The van der Waals surface area contributed by atoms with Crippen LogP contribution < -0.4 is 10.1 Å². The van der Waals surface area contributed by atoms with Gasteiger partial charge < -0.3 is 19.5 Å². The molecule has 1 fully saturated rings. The topological polar surface area (TPSA) is 55.9 Å². The van der Waals surface area contributed by atoms with Gasteiger partial charge in [-0.15, -0.1) is 11.3 Å². The molecule has 2 aromatic rings. The number of nitrogens with one attached hydrogen (secondary N) is 1. The molecule has 0 atom stereocenters. The van der Waals surface area contributed by atoms with Crippen LogP contribution in [0.3, 0.4) is 0 Å². The second-order valence-electron chi connectivity index (χ2n) is 5.97. The van der Waals surface area contributed by atoms with Gasteiger partial charge in [0.15, 0.2) is 5.13 Å². The van der Waals surface area contributed by atoms with E-state index in [1.807, 2.05) is 12.1 Å². The van der Waals surface area contributed by atoms with Crippen molar-refractivity contribution in [2.75, 3.05) is 45.8 Å². The second-order valence-corrected chi connectivity index (χ2v) is 6.82. The lowest BCUT2D eigenvalue weighted by atomic mass is 10.1. The van der Waals surface area contributed by atoms with Crippen LogP contribution >= 0.6 is 11.3 Å². The Hall–Kier alpha value is -1.67. The number of morpholine rings is 1. The van der Waals surface area contributed by atoms with E-state index in [9.17, 15) is 0 Å². The summed E-state index contributed by atoms with van der Waals surface area (Å²) in [4.78, 5) is 7.07. The summed E-state index contributed by atoms with van der Waals surface area (Å²) in [7, 11) is 3.40. The van der Waals surface area contributed by atoms with Crippen LogP contribution in [0.25, 0.3) is 0 Å². The van der Waals surface area contributed by atoms with E-state index in [4.69, 9.17) is 19.2 Å². The molecular weight excluding hydrogens is 338 g/mol. The number of hydrogen-bond donors (Lipinski definition) is 1. The Labute approximate surface area is 152 Å². The molecule has 1 aliphatic rings. The van der Waals surface area contributed by atoms with E-state index in [0.29, 0.717) is 13.2 Å². The number of ether oxygens (including phenoxy) is 3. The molecule has 1 aromatic carbocycles. The van der Waals surface area contributed by atoms with Gasteiger partial charge in [0.05, 0.1) is 32.6 Å². The Bertz CT molecular complexity index is 671. The molecule has 2 heterocycles. The van der Waals surface area contributed by atoms with Crippen LogP contribution in [0.2, 0.25) is 0 Å². The maximum Gasteiger partial charge on any atom is 0.183 e. The Morgan fingerprint density at radius 2 is 2.12 bits per heavy atom. The van der Waals surface area contributed by atoms with E-state index in [1.54, 1.807) is 25.6 Å². The monoisotopic (exact) mass is 363 g/mol. The van der Waals surface area contributed by atoms with E-state index >= 15 is 0 Å². The molecule has 0 radical (unpaired) electrons. The van der Waals surface area contributed by atoms with Gasteiger partial charge >= 0.3 is 0 Å². The number of benzene rings is 1. The van der Waals surface area contributed by atoms with Gasteiger partial charge in [-0.2, -0.15) is 0 Å². The average molecular weight is 363 g/mol. The fourth-order valence-electron chi connectivity index (χ4n) is 2.85. The van der Waals surface area contributed by atoms with Crippen molar-refractivity contribution in [3.05, 3.63) is 40.4 Å². The Morgan fingerprint density at radius 3 is 2.88 bits per heavy atom. The van der Waals surface area contributed by atoms with Crippen molar-refractivity contribution >= 4 is 16.5 Å². The van der Waals surface area contributed by atoms with Crippen molar-refractivity contribution in [1.29, 1.82) is 0 Å². The first-order valence-corrected chi connectivity index (χ1v) is 9.29. The van der Waals surface area contributed by atoms with Crippen molar-refractivity contribution in [2.24, 2.45) is 0 Å². The summed E-state index contributed by atoms with van der Waals surface area (Å²) >= 11 is 1.64. The van der Waals surface area contributed by atoms with Crippen molar-refractivity contribution in [1.82, 2.24) is 9.88 Å². The summed E-state index contributed by atoms with van der Waals surface area (Å²) in [5, 5.41) is 6.46. The molecular formula is C18H25N3O3S. The molecule has 0 aliphatic carbocycles. The van der Waals surface area contributed by atoms with Gasteiger partial charge in [0, 0.05) is 44.2 Å². The third-order valence-corrected chi connectivity index (χ3v) is 4.98. The summed E-state index contributed by atoms with van der Waals surface area (Å²) in [6, 6.07) is 6.12. The smallest absolute Gasteiger partial charge is 0.183 e. The first-order chi connectivity index (χ1) is 12.3. The molecule has 1 saturated heterocycles. The molecule has 0 spiro atoms. The average Bonchev–Trinajstić information content (AvgIpc) is 3.08. The van der Waals surface area contributed by atoms with Crippen LogP contribution in [0.15, 0.2) is 23.6 Å². The number of thiazole rings is 1. The van der Waals surface area contributed by atoms with Gasteiger partial charge in [-0.3, -0.25) is 4.90 Å². The first-order valence-electron chi connectivity index (χ1n) is 8.41. The first kappa shape index (κ1) is 18.1. The number of hydrogen-bond acceptors (Lipinski definition) is 7. The van der Waals surface area contributed by atoms with Crippen LogP contribution in [0.5, 0.6) is 5.75 Å². The normalized spacial score (nSPS) is 15.3. The largest absolute Gasteiger partial charge is 0.496 e. The fraction of sp³-hybridized carbons (Fsp3) is 0.500. The highest BCUT2D eigenvalue weighted by molar-refractivity contribution is 7.13. The summed E-state index contributed by atoms with van der Waals surface area (Å²) in [6.45, 7) is 5.73. The number of rotatable bonds is 8. The van der Waals surface area contributed by atoms with Crippen molar-refractivity contribution in [3.8, 4) is 5.75 Å². The lowest BCUT2D eigenvalue weighted by molar-refractivity contribution is 0.0337. The number of methoxy groups -OCH3 is 2. The van der Waals surface area contributed by atoms with Crippen LogP contribution in [-0.2, 0) is 29.2 Å². The summed E-state index contributed by atoms with van der Waals surface area (Å²) in [6.07, 6.45) is 0. The van der Waals surface area contributed by atoms with Gasteiger partial charge in [-0.05, 0) is 17.7 Å². The number of anilines is 1. The Kier molecular flexibility index (Phi) is 6.63. The minimum atomic E-state index is 0.595. The molecule has 25 heavy (non-hydrogen) atoms. The van der Waals surface area contributed by atoms with Crippen molar-refractivity contribution in [3.63, 3.8) is 0 Å². The van der Waals surface area contributed by atoms with E-state index < -0.39 is 0 Å². The molecule has 0 amide bonds. The molecule has 7 heteroatoms. The second kappa shape index (κ2) is 9.15. The maximum absolute atomic E-state index is 5.46. The van der Waals surface area contributed by atoms with E-state index in [-0.39, 0.29) is 0 Å². The molecule has 1 aliphatic heterocycles. The lowest BCUT2D eigenvalue weighted by Crippen LogP contribution is -2.35. The van der Waals surface area contributed by atoms with E-state index in [0.717, 1.165) is 60.5 Å². The predicted molar refractivity (Wildman–Crippen MR) is 99.2 cm³/mol. The predicted octanol–water partition coefficient (Wildman–Crippen LogP) is 2.74. The van der Waals surface area contributed by atoms with Gasteiger partial charge in [0.2, 0.25) is 0 Å². The molecule has 0 saturated carbocycles. The van der Waals surface area contributed by atoms with Crippen LogP contribution in [0.1, 0.15) is 16.8 Å². The lowest BCUT2D eigenvalue weighted by Gasteiger charge is -2.25. The zero-order chi connectivity index (χ0) is 17.5. The third-order valence-electron chi connectivity index (χ3n) is 4.13. The summed E-state index contributed by atoms with van der Waals surface area (Å²) in [5.41, 5.74) is 3.34. The summed E-state index contributed by atoms with van der Waals surface area (Å²) in [5.74, 6) is 0.873. The maximum atomic E-state index is 5.46. The van der Waals surface area contributed by atoms with Gasteiger partial charge in [0.1, 0.15) is 5.75 Å². The molecule has 136 valence electrons. The molecule has 3 rings (SSSR count). The van der Waals surface area contributed by atoms with Crippen LogP contribution in [0.4, 0.5) is 5.13 Å².